The lowest BCUT2D eigenvalue weighted by Crippen LogP contribution is -2.21. The third kappa shape index (κ3) is 3.23. The molecule has 1 amide bonds. The smallest absolute Gasteiger partial charge is 0.251 e. The molecule has 25 heavy (non-hydrogen) atoms. The molecule has 1 aliphatic heterocycles. The van der Waals surface area contributed by atoms with Crippen LogP contribution in [0, 0.1) is 5.92 Å². The molecular formula is C19H22N2O3S. The van der Waals surface area contributed by atoms with Crippen LogP contribution in [0.3, 0.4) is 0 Å². The summed E-state index contributed by atoms with van der Waals surface area (Å²) >= 11 is 1.52. The molecule has 0 unspecified atom stereocenters. The number of aromatic nitrogens is 1. The first-order valence-corrected chi connectivity index (χ1v) is 9.70. The minimum atomic E-state index is 0.0151. The van der Waals surface area contributed by atoms with Gasteiger partial charge in [-0.1, -0.05) is 36.7 Å². The van der Waals surface area contributed by atoms with Crippen LogP contribution in [0.2, 0.25) is 0 Å². The Morgan fingerprint density at radius 3 is 2.68 bits per heavy atom. The summed E-state index contributed by atoms with van der Waals surface area (Å²) in [5.41, 5.74) is 1.00. The Morgan fingerprint density at radius 2 is 1.96 bits per heavy atom. The molecule has 1 fully saturated rings. The number of nitrogens with zero attached hydrogens (tertiary/aromatic N) is 2. The van der Waals surface area contributed by atoms with Crippen molar-refractivity contribution in [2.75, 3.05) is 13.2 Å². The number of hydrogen-bond donors (Lipinski definition) is 0. The first-order chi connectivity index (χ1) is 12.3. The molecule has 1 saturated carbocycles. The normalized spacial score (nSPS) is 18.5. The molecule has 0 spiro atoms. The molecule has 6 heteroatoms. The van der Waals surface area contributed by atoms with Gasteiger partial charge in [-0.3, -0.25) is 4.79 Å². The van der Waals surface area contributed by atoms with Crippen LogP contribution in [-0.4, -0.2) is 23.7 Å². The van der Waals surface area contributed by atoms with Gasteiger partial charge in [0, 0.05) is 24.6 Å². The van der Waals surface area contributed by atoms with Crippen molar-refractivity contribution in [3.05, 3.63) is 29.6 Å². The molecule has 2 heterocycles. The van der Waals surface area contributed by atoms with Crippen LogP contribution in [0.15, 0.2) is 29.8 Å². The number of hydrogen-bond acceptors (Lipinski definition) is 4. The molecule has 0 saturated heterocycles. The highest BCUT2D eigenvalue weighted by molar-refractivity contribution is 7.16. The van der Waals surface area contributed by atoms with Crippen molar-refractivity contribution in [2.24, 2.45) is 10.9 Å². The summed E-state index contributed by atoms with van der Waals surface area (Å²) in [5.74, 6) is 1.60. The first-order valence-electron chi connectivity index (χ1n) is 8.88. The minimum absolute atomic E-state index is 0.0151. The van der Waals surface area contributed by atoms with Crippen molar-refractivity contribution in [3.63, 3.8) is 0 Å². The third-order valence-corrected chi connectivity index (χ3v) is 5.86. The highest BCUT2D eigenvalue weighted by Gasteiger charge is 2.21. The highest BCUT2D eigenvalue weighted by Crippen LogP contribution is 2.35. The Kier molecular flexibility index (Phi) is 4.61. The molecule has 0 atom stereocenters. The van der Waals surface area contributed by atoms with Crippen molar-refractivity contribution in [1.29, 1.82) is 0 Å². The van der Waals surface area contributed by atoms with Gasteiger partial charge in [0.1, 0.15) is 13.2 Å². The zero-order valence-electron chi connectivity index (χ0n) is 14.2. The monoisotopic (exact) mass is 358 g/mol. The van der Waals surface area contributed by atoms with Crippen LogP contribution in [0.25, 0.3) is 10.2 Å². The van der Waals surface area contributed by atoms with E-state index in [9.17, 15) is 4.79 Å². The summed E-state index contributed by atoms with van der Waals surface area (Å²) in [5, 5.41) is 0. The lowest BCUT2D eigenvalue weighted by molar-refractivity contribution is -0.122. The molecule has 0 N–H and O–H groups in total. The standard InChI is InChI=1S/C19H22N2O3S/c1-2-8-21-14-11-15-16(24-10-9-23-15)12-17(14)25-19(21)20-18(22)13-6-4-3-5-7-13/h2,11-13H,1,3-10H2. The van der Waals surface area contributed by atoms with Gasteiger partial charge >= 0.3 is 0 Å². The molecule has 132 valence electrons. The lowest BCUT2D eigenvalue weighted by Gasteiger charge is -2.18. The SMILES string of the molecule is C=CCn1c(=NC(=O)C2CCCCC2)sc2cc3c(cc21)OCCO3. The zero-order valence-corrected chi connectivity index (χ0v) is 15.0. The van der Waals surface area contributed by atoms with Crippen molar-refractivity contribution >= 4 is 27.5 Å². The summed E-state index contributed by atoms with van der Waals surface area (Å²) in [4.78, 5) is 17.8. The number of carbonyl (C=O) groups excluding carboxylic acids is 1. The Hall–Kier alpha value is -2.08. The largest absolute Gasteiger partial charge is 0.486 e. The first kappa shape index (κ1) is 16.4. The predicted octanol–water partition coefficient (Wildman–Crippen LogP) is 3.67. The van der Waals surface area contributed by atoms with Gasteiger partial charge in [0.15, 0.2) is 16.3 Å². The van der Waals surface area contributed by atoms with Gasteiger partial charge in [-0.2, -0.15) is 4.99 Å². The van der Waals surface area contributed by atoms with Crippen LogP contribution in [0.4, 0.5) is 0 Å². The number of ether oxygens (including phenoxy) is 2. The van der Waals surface area contributed by atoms with E-state index in [1.807, 2.05) is 22.8 Å². The second-order valence-electron chi connectivity index (χ2n) is 6.53. The van der Waals surface area contributed by atoms with Crippen molar-refractivity contribution in [1.82, 2.24) is 4.57 Å². The molecule has 0 radical (unpaired) electrons. The number of amides is 1. The second kappa shape index (κ2) is 7.04. The number of allylic oxidation sites excluding steroid dienone is 1. The van der Waals surface area contributed by atoms with E-state index >= 15 is 0 Å². The van der Waals surface area contributed by atoms with Crippen LogP contribution in [0.5, 0.6) is 11.5 Å². The number of thiazole rings is 1. The van der Waals surface area contributed by atoms with Gasteiger partial charge in [0.2, 0.25) is 0 Å². The maximum atomic E-state index is 12.6. The van der Waals surface area contributed by atoms with Crippen LogP contribution < -0.4 is 14.3 Å². The predicted molar refractivity (Wildman–Crippen MR) is 98.1 cm³/mol. The molecule has 1 aromatic heterocycles. The molecule has 1 aliphatic carbocycles. The third-order valence-electron chi connectivity index (χ3n) is 4.82. The Labute approximate surface area is 150 Å². The van der Waals surface area contributed by atoms with Gasteiger partial charge in [-0.25, -0.2) is 0 Å². The molecule has 2 aromatic rings. The van der Waals surface area contributed by atoms with E-state index in [1.165, 1.54) is 17.8 Å². The van der Waals surface area contributed by atoms with E-state index in [0.717, 1.165) is 52.2 Å². The summed E-state index contributed by atoms with van der Waals surface area (Å²) in [6.07, 6.45) is 7.25. The Balaban J connectivity index is 1.79. The fraction of sp³-hybridized carbons (Fsp3) is 0.474. The highest BCUT2D eigenvalue weighted by atomic mass is 32.1. The number of fused-ring (bicyclic) bond motifs is 2. The zero-order chi connectivity index (χ0) is 17.2. The second-order valence-corrected chi connectivity index (χ2v) is 7.54. The average molecular weight is 358 g/mol. The van der Waals surface area contributed by atoms with Gasteiger partial charge in [0.25, 0.3) is 5.91 Å². The summed E-state index contributed by atoms with van der Waals surface area (Å²) in [6.45, 7) is 5.57. The fourth-order valence-corrected chi connectivity index (χ4v) is 4.59. The van der Waals surface area contributed by atoms with Crippen molar-refractivity contribution < 1.29 is 14.3 Å². The minimum Gasteiger partial charge on any atom is -0.486 e. The van der Waals surface area contributed by atoms with Gasteiger partial charge < -0.3 is 14.0 Å². The molecule has 0 bridgehead atoms. The van der Waals surface area contributed by atoms with Crippen molar-refractivity contribution in [3.8, 4) is 11.5 Å². The Bertz CT molecular complexity index is 875. The van der Waals surface area contributed by atoms with E-state index in [-0.39, 0.29) is 11.8 Å². The van der Waals surface area contributed by atoms with Crippen LogP contribution in [-0.2, 0) is 11.3 Å². The molecular weight excluding hydrogens is 336 g/mol. The Morgan fingerprint density at radius 1 is 1.24 bits per heavy atom. The van der Waals surface area contributed by atoms with Gasteiger partial charge in [-0.05, 0) is 12.8 Å². The number of carbonyl (C=O) groups is 1. The van der Waals surface area contributed by atoms with Crippen LogP contribution in [0.1, 0.15) is 32.1 Å². The summed E-state index contributed by atoms with van der Waals surface area (Å²) in [6, 6.07) is 3.96. The summed E-state index contributed by atoms with van der Waals surface area (Å²) in [7, 11) is 0. The quantitative estimate of drug-likeness (QED) is 0.787. The van der Waals surface area contributed by atoms with E-state index in [1.54, 1.807) is 0 Å². The van der Waals surface area contributed by atoms with E-state index in [4.69, 9.17) is 9.47 Å². The number of benzene rings is 1. The number of rotatable bonds is 3. The average Bonchev–Trinajstić information content (AvgIpc) is 2.97. The van der Waals surface area contributed by atoms with Gasteiger partial charge in [0.05, 0.1) is 10.2 Å². The molecule has 2 aliphatic rings. The maximum absolute atomic E-state index is 12.6. The molecule has 1 aromatic carbocycles. The topological polar surface area (TPSA) is 52.8 Å². The molecule has 5 nitrogen and oxygen atoms in total. The van der Waals surface area contributed by atoms with E-state index < -0.39 is 0 Å². The lowest BCUT2D eigenvalue weighted by atomic mass is 9.89. The molecule has 4 rings (SSSR count). The van der Waals surface area contributed by atoms with E-state index in [2.05, 4.69) is 11.6 Å². The van der Waals surface area contributed by atoms with Crippen molar-refractivity contribution in [2.45, 2.75) is 38.6 Å². The maximum Gasteiger partial charge on any atom is 0.251 e. The van der Waals surface area contributed by atoms with Gasteiger partial charge in [-0.15, -0.1) is 6.58 Å². The van der Waals surface area contributed by atoms with E-state index in [0.29, 0.717) is 19.8 Å². The summed E-state index contributed by atoms with van der Waals surface area (Å²) < 4.78 is 14.4. The van der Waals surface area contributed by atoms with Crippen LogP contribution >= 0.6 is 11.3 Å². The fourth-order valence-electron chi connectivity index (χ4n) is 3.53.